The molecule has 0 atom stereocenters. The average molecular weight is 400 g/mol. The van der Waals surface area contributed by atoms with E-state index in [0.29, 0.717) is 24.6 Å². The van der Waals surface area contributed by atoms with Gasteiger partial charge in [0.15, 0.2) is 0 Å². The standard InChI is InChI=1S/C21H20N8O/c30-21(17-3-5-18(6-4-17)29-14-24-26-27-29)23-11-12-28-13-19(15-7-9-22-10-8-15)20(25-28)16-1-2-16/h3-10,13-14,16H,1-2,11-12H2,(H,23,30). The van der Waals surface area contributed by atoms with E-state index in [9.17, 15) is 4.79 Å². The second kappa shape index (κ2) is 7.86. The fourth-order valence-electron chi connectivity index (χ4n) is 3.39. The van der Waals surface area contributed by atoms with E-state index in [4.69, 9.17) is 5.10 Å². The number of rotatable bonds is 7. The Morgan fingerprint density at radius 2 is 1.90 bits per heavy atom. The van der Waals surface area contributed by atoms with Crippen molar-refractivity contribution >= 4 is 5.91 Å². The topological polar surface area (TPSA) is 103 Å². The Kier molecular flexibility index (Phi) is 4.76. The van der Waals surface area contributed by atoms with Gasteiger partial charge in [-0.2, -0.15) is 5.10 Å². The molecule has 0 aliphatic heterocycles. The molecule has 0 spiro atoms. The van der Waals surface area contributed by atoms with Crippen LogP contribution in [0.1, 0.15) is 34.8 Å². The van der Waals surface area contributed by atoms with Gasteiger partial charge in [0.2, 0.25) is 0 Å². The van der Waals surface area contributed by atoms with Crippen molar-refractivity contribution < 1.29 is 4.79 Å². The van der Waals surface area contributed by atoms with Crippen LogP contribution in [0.4, 0.5) is 0 Å². The van der Waals surface area contributed by atoms with Crippen LogP contribution in [0.15, 0.2) is 61.3 Å². The zero-order chi connectivity index (χ0) is 20.3. The summed E-state index contributed by atoms with van der Waals surface area (Å²) >= 11 is 0. The van der Waals surface area contributed by atoms with E-state index in [-0.39, 0.29) is 5.91 Å². The van der Waals surface area contributed by atoms with E-state index in [1.165, 1.54) is 23.9 Å². The largest absolute Gasteiger partial charge is 0.350 e. The fraction of sp³-hybridized carbons (Fsp3) is 0.238. The Bertz CT molecular complexity index is 1130. The minimum absolute atomic E-state index is 0.123. The van der Waals surface area contributed by atoms with Gasteiger partial charge < -0.3 is 5.32 Å². The Labute approximate surface area is 172 Å². The van der Waals surface area contributed by atoms with Gasteiger partial charge >= 0.3 is 0 Å². The minimum atomic E-state index is -0.123. The molecule has 0 bridgehead atoms. The predicted molar refractivity (Wildman–Crippen MR) is 109 cm³/mol. The van der Waals surface area contributed by atoms with Gasteiger partial charge in [-0.1, -0.05) is 0 Å². The molecule has 9 heteroatoms. The van der Waals surface area contributed by atoms with Gasteiger partial charge in [0.1, 0.15) is 6.33 Å². The first kappa shape index (κ1) is 18.2. The molecule has 3 aromatic heterocycles. The molecule has 1 saturated carbocycles. The van der Waals surface area contributed by atoms with Gasteiger partial charge in [0.25, 0.3) is 5.91 Å². The number of hydrogen-bond donors (Lipinski definition) is 1. The highest BCUT2D eigenvalue weighted by atomic mass is 16.1. The van der Waals surface area contributed by atoms with Crippen LogP contribution in [0.5, 0.6) is 0 Å². The Morgan fingerprint density at radius 1 is 1.10 bits per heavy atom. The number of amides is 1. The van der Waals surface area contributed by atoms with Crippen molar-refractivity contribution in [3.8, 4) is 16.8 Å². The lowest BCUT2D eigenvalue weighted by atomic mass is 10.1. The van der Waals surface area contributed by atoms with Crippen LogP contribution in [0.2, 0.25) is 0 Å². The monoisotopic (exact) mass is 400 g/mol. The van der Waals surface area contributed by atoms with Gasteiger partial charge in [0, 0.05) is 42.2 Å². The van der Waals surface area contributed by atoms with E-state index in [0.717, 1.165) is 22.5 Å². The second-order valence-electron chi connectivity index (χ2n) is 7.26. The summed E-state index contributed by atoms with van der Waals surface area (Å²) in [6.45, 7) is 1.11. The lowest BCUT2D eigenvalue weighted by molar-refractivity contribution is 0.0952. The summed E-state index contributed by atoms with van der Waals surface area (Å²) in [6.07, 6.45) is 9.55. The highest BCUT2D eigenvalue weighted by Crippen LogP contribution is 2.43. The Morgan fingerprint density at radius 3 is 2.60 bits per heavy atom. The van der Waals surface area contributed by atoms with Gasteiger partial charge in [0.05, 0.1) is 17.9 Å². The molecule has 30 heavy (non-hydrogen) atoms. The second-order valence-corrected chi connectivity index (χ2v) is 7.26. The summed E-state index contributed by atoms with van der Waals surface area (Å²) in [5.41, 5.74) is 4.81. The van der Waals surface area contributed by atoms with Crippen LogP contribution < -0.4 is 5.32 Å². The molecule has 150 valence electrons. The third-order valence-electron chi connectivity index (χ3n) is 5.12. The average Bonchev–Trinajstić information content (AvgIpc) is 3.32. The molecular formula is C21H20N8O. The molecule has 3 heterocycles. The highest BCUT2D eigenvalue weighted by molar-refractivity contribution is 5.94. The minimum Gasteiger partial charge on any atom is -0.350 e. The number of hydrogen-bond acceptors (Lipinski definition) is 6. The number of carbonyl (C=O) groups is 1. The molecule has 1 aromatic carbocycles. The number of tetrazole rings is 1. The maximum Gasteiger partial charge on any atom is 0.251 e. The van der Waals surface area contributed by atoms with Crippen LogP contribution in [0.25, 0.3) is 16.8 Å². The van der Waals surface area contributed by atoms with Gasteiger partial charge in [-0.15, -0.1) is 5.10 Å². The van der Waals surface area contributed by atoms with Crippen LogP contribution in [-0.4, -0.2) is 47.4 Å². The maximum atomic E-state index is 12.4. The summed E-state index contributed by atoms with van der Waals surface area (Å²) in [5.74, 6) is 0.421. The van der Waals surface area contributed by atoms with Crippen molar-refractivity contribution in [1.29, 1.82) is 0 Å². The first-order valence-electron chi connectivity index (χ1n) is 9.87. The molecule has 0 unspecified atom stereocenters. The van der Waals surface area contributed by atoms with Gasteiger partial charge in [-0.25, -0.2) is 4.68 Å². The summed E-state index contributed by atoms with van der Waals surface area (Å²) < 4.78 is 3.46. The molecule has 1 fully saturated rings. The normalized spacial score (nSPS) is 13.3. The van der Waals surface area contributed by atoms with Crippen molar-refractivity contribution in [1.82, 2.24) is 40.3 Å². The predicted octanol–water partition coefficient (Wildman–Crippen LogP) is 2.23. The van der Waals surface area contributed by atoms with Crippen LogP contribution in [0.3, 0.4) is 0 Å². The number of pyridine rings is 1. The number of carbonyl (C=O) groups excluding carboxylic acids is 1. The molecule has 0 saturated heterocycles. The van der Waals surface area contributed by atoms with Crippen molar-refractivity contribution in [2.75, 3.05) is 6.54 Å². The van der Waals surface area contributed by atoms with E-state index in [2.05, 4.69) is 32.0 Å². The molecule has 1 amide bonds. The number of aromatic nitrogens is 7. The lowest BCUT2D eigenvalue weighted by Crippen LogP contribution is -2.27. The van der Waals surface area contributed by atoms with E-state index >= 15 is 0 Å². The molecule has 5 rings (SSSR count). The Hall–Kier alpha value is -3.88. The SMILES string of the molecule is O=C(NCCn1cc(-c2ccncc2)c(C2CC2)n1)c1ccc(-n2cnnn2)cc1. The molecule has 1 aliphatic carbocycles. The van der Waals surface area contributed by atoms with Crippen LogP contribution >= 0.6 is 0 Å². The van der Waals surface area contributed by atoms with E-state index in [1.807, 2.05) is 28.9 Å². The maximum absolute atomic E-state index is 12.4. The fourth-order valence-corrected chi connectivity index (χ4v) is 3.39. The van der Waals surface area contributed by atoms with Crippen molar-refractivity contribution in [2.24, 2.45) is 0 Å². The third kappa shape index (κ3) is 3.82. The molecular weight excluding hydrogens is 380 g/mol. The molecule has 9 nitrogen and oxygen atoms in total. The highest BCUT2D eigenvalue weighted by Gasteiger charge is 2.29. The van der Waals surface area contributed by atoms with Crippen LogP contribution in [-0.2, 0) is 6.54 Å². The number of nitrogens with one attached hydrogen (secondary N) is 1. The zero-order valence-corrected chi connectivity index (χ0v) is 16.2. The van der Waals surface area contributed by atoms with Crippen molar-refractivity contribution in [3.05, 3.63) is 72.6 Å². The zero-order valence-electron chi connectivity index (χ0n) is 16.2. The molecule has 1 N–H and O–H groups in total. The van der Waals surface area contributed by atoms with Crippen LogP contribution in [0, 0.1) is 0 Å². The quantitative estimate of drug-likeness (QED) is 0.510. The third-order valence-corrected chi connectivity index (χ3v) is 5.12. The molecule has 0 radical (unpaired) electrons. The first-order valence-corrected chi connectivity index (χ1v) is 9.87. The lowest BCUT2D eigenvalue weighted by Gasteiger charge is -2.06. The van der Waals surface area contributed by atoms with Gasteiger partial charge in [-0.05, 0) is 65.2 Å². The summed E-state index contributed by atoms with van der Waals surface area (Å²) in [4.78, 5) is 16.5. The van der Waals surface area contributed by atoms with Crippen molar-refractivity contribution in [2.45, 2.75) is 25.3 Å². The number of benzene rings is 1. The smallest absolute Gasteiger partial charge is 0.251 e. The number of nitrogens with zero attached hydrogens (tertiary/aromatic N) is 7. The molecule has 1 aliphatic rings. The van der Waals surface area contributed by atoms with E-state index < -0.39 is 0 Å². The summed E-state index contributed by atoms with van der Waals surface area (Å²) in [6, 6.07) is 11.1. The summed E-state index contributed by atoms with van der Waals surface area (Å²) in [7, 11) is 0. The van der Waals surface area contributed by atoms with Gasteiger partial charge in [-0.3, -0.25) is 14.5 Å². The Balaban J connectivity index is 1.22. The van der Waals surface area contributed by atoms with E-state index in [1.54, 1.807) is 24.5 Å². The summed E-state index contributed by atoms with van der Waals surface area (Å²) in [5, 5.41) is 18.8. The van der Waals surface area contributed by atoms with Crippen molar-refractivity contribution in [3.63, 3.8) is 0 Å². The molecule has 4 aromatic rings. The first-order chi connectivity index (χ1) is 14.8.